The molecule has 0 aromatic heterocycles. The van der Waals surface area contributed by atoms with Crippen molar-refractivity contribution in [2.45, 2.75) is 0 Å². The zero-order valence-electron chi connectivity index (χ0n) is 7.58. The maximum atomic E-state index is 11.6. The van der Waals surface area contributed by atoms with Gasteiger partial charge in [-0.3, -0.25) is 9.59 Å². The average Bonchev–Trinajstić information content (AvgIpc) is 2.33. The summed E-state index contributed by atoms with van der Waals surface area (Å²) in [6, 6.07) is 7.07. The Bertz CT molecular complexity index is 429. The second-order valence-corrected chi connectivity index (χ2v) is 3.60. The summed E-state index contributed by atoms with van der Waals surface area (Å²) < 4.78 is 1.47. The molecule has 1 aromatic rings. The van der Waals surface area contributed by atoms with Crippen LogP contribution in [0.3, 0.4) is 0 Å². The van der Waals surface area contributed by atoms with Gasteiger partial charge in [-0.25, -0.2) is 0 Å². The molecule has 4 nitrogen and oxygen atoms in total. The van der Waals surface area contributed by atoms with Crippen molar-refractivity contribution in [1.82, 2.24) is 0 Å². The van der Waals surface area contributed by atoms with Gasteiger partial charge in [0, 0.05) is 0 Å². The van der Waals surface area contributed by atoms with E-state index in [0.29, 0.717) is 11.4 Å². The molecule has 0 atom stereocenters. The van der Waals surface area contributed by atoms with Gasteiger partial charge in [-0.15, -0.1) is 0 Å². The molecule has 0 spiro atoms. The van der Waals surface area contributed by atoms with Crippen LogP contribution < -0.4 is 10.6 Å². The van der Waals surface area contributed by atoms with E-state index in [1.807, 2.05) is 22.6 Å². The molecular formula is C10H7IN2O2. The van der Waals surface area contributed by atoms with E-state index >= 15 is 0 Å². The van der Waals surface area contributed by atoms with Crippen LogP contribution in [0.5, 0.6) is 0 Å². The molecule has 0 radical (unpaired) electrons. The van der Waals surface area contributed by atoms with Crippen molar-refractivity contribution in [3.8, 4) is 0 Å². The summed E-state index contributed by atoms with van der Waals surface area (Å²) in [4.78, 5) is 23.1. The zero-order chi connectivity index (χ0) is 10.8. The number of amides is 2. The lowest BCUT2D eigenvalue weighted by atomic mass is 10.2. The largest absolute Gasteiger partial charge is 0.320 e. The smallest absolute Gasteiger partial charge is 0.261 e. The molecule has 0 saturated carbocycles. The predicted octanol–water partition coefficient (Wildman–Crippen LogP) is 1.90. The van der Waals surface area contributed by atoms with E-state index in [1.54, 1.807) is 24.3 Å². The SMILES string of the molecule is O=C1Nc2ccccc2NC(=O)C1=CI. The average molecular weight is 314 g/mol. The monoisotopic (exact) mass is 314 g/mol. The van der Waals surface area contributed by atoms with Crippen LogP contribution in [0.1, 0.15) is 0 Å². The Hall–Kier alpha value is -1.37. The second-order valence-electron chi connectivity index (χ2n) is 2.98. The van der Waals surface area contributed by atoms with E-state index in [4.69, 9.17) is 0 Å². The minimum Gasteiger partial charge on any atom is -0.320 e. The molecule has 1 heterocycles. The first-order valence-corrected chi connectivity index (χ1v) is 5.49. The Morgan fingerprint density at radius 2 is 1.47 bits per heavy atom. The molecule has 1 aromatic carbocycles. The molecule has 0 fully saturated rings. The highest BCUT2D eigenvalue weighted by atomic mass is 127. The van der Waals surface area contributed by atoms with Crippen molar-refractivity contribution >= 4 is 45.8 Å². The van der Waals surface area contributed by atoms with Crippen LogP contribution in [-0.4, -0.2) is 11.8 Å². The first-order chi connectivity index (χ1) is 7.22. The van der Waals surface area contributed by atoms with Gasteiger partial charge >= 0.3 is 0 Å². The molecule has 0 aliphatic carbocycles. The number of benzene rings is 1. The van der Waals surface area contributed by atoms with Crippen molar-refractivity contribution in [2.75, 3.05) is 10.6 Å². The van der Waals surface area contributed by atoms with Gasteiger partial charge in [0.05, 0.1) is 11.4 Å². The van der Waals surface area contributed by atoms with Gasteiger partial charge in [0.25, 0.3) is 11.8 Å². The van der Waals surface area contributed by atoms with Crippen LogP contribution in [0, 0.1) is 0 Å². The van der Waals surface area contributed by atoms with Crippen LogP contribution in [-0.2, 0) is 9.59 Å². The number of rotatable bonds is 0. The molecule has 2 rings (SSSR count). The third-order valence-corrected chi connectivity index (χ3v) is 2.64. The Morgan fingerprint density at radius 3 is 1.87 bits per heavy atom. The molecule has 2 amide bonds. The van der Waals surface area contributed by atoms with E-state index in [9.17, 15) is 9.59 Å². The minimum absolute atomic E-state index is 0.117. The van der Waals surface area contributed by atoms with Crippen molar-refractivity contribution in [1.29, 1.82) is 0 Å². The third kappa shape index (κ3) is 1.87. The van der Waals surface area contributed by atoms with Crippen LogP contribution in [0.2, 0.25) is 0 Å². The Balaban J connectivity index is 2.49. The van der Waals surface area contributed by atoms with E-state index in [-0.39, 0.29) is 17.4 Å². The fraction of sp³-hybridized carbons (Fsp3) is 0. The van der Waals surface area contributed by atoms with Gasteiger partial charge < -0.3 is 10.6 Å². The van der Waals surface area contributed by atoms with Crippen molar-refractivity contribution in [3.05, 3.63) is 33.9 Å². The highest BCUT2D eigenvalue weighted by Crippen LogP contribution is 2.25. The molecule has 5 heteroatoms. The van der Waals surface area contributed by atoms with Crippen molar-refractivity contribution in [3.63, 3.8) is 0 Å². The summed E-state index contributed by atoms with van der Waals surface area (Å²) in [5, 5.41) is 5.32. The highest BCUT2D eigenvalue weighted by molar-refractivity contribution is 14.1. The van der Waals surface area contributed by atoms with Crippen molar-refractivity contribution in [2.24, 2.45) is 0 Å². The molecule has 0 bridgehead atoms. The summed E-state index contributed by atoms with van der Waals surface area (Å²) in [5.74, 6) is -0.765. The first-order valence-electron chi connectivity index (χ1n) is 4.24. The fourth-order valence-corrected chi connectivity index (χ4v) is 1.85. The van der Waals surface area contributed by atoms with Gasteiger partial charge in [-0.2, -0.15) is 0 Å². The minimum atomic E-state index is -0.383. The Labute approximate surface area is 99.9 Å². The standard InChI is InChI=1S/C10H7IN2O2/c11-5-6-9(14)12-7-3-1-2-4-8(7)13-10(6)15/h1-5H,(H,12,14)(H,13,15). The van der Waals surface area contributed by atoms with E-state index in [0.717, 1.165) is 0 Å². The first kappa shape index (κ1) is 10.2. The van der Waals surface area contributed by atoms with Gasteiger partial charge in [0.2, 0.25) is 0 Å². The molecule has 15 heavy (non-hydrogen) atoms. The lowest BCUT2D eigenvalue weighted by Gasteiger charge is -2.04. The molecule has 0 saturated heterocycles. The van der Waals surface area contributed by atoms with Crippen LogP contribution >= 0.6 is 22.6 Å². The molecular weight excluding hydrogens is 307 g/mol. The van der Waals surface area contributed by atoms with Gasteiger partial charge in [-0.05, 0) is 16.2 Å². The summed E-state index contributed by atoms with van der Waals surface area (Å²) in [5.41, 5.74) is 1.35. The Morgan fingerprint density at radius 1 is 1.00 bits per heavy atom. The summed E-state index contributed by atoms with van der Waals surface area (Å²) in [7, 11) is 0. The number of carbonyl (C=O) groups excluding carboxylic acids is 2. The number of halogens is 1. The third-order valence-electron chi connectivity index (χ3n) is 2.02. The highest BCUT2D eigenvalue weighted by Gasteiger charge is 2.23. The van der Waals surface area contributed by atoms with Crippen LogP contribution in [0.25, 0.3) is 0 Å². The van der Waals surface area contributed by atoms with Gasteiger partial charge in [0.15, 0.2) is 0 Å². The van der Waals surface area contributed by atoms with E-state index in [1.165, 1.54) is 4.08 Å². The molecule has 0 unspecified atom stereocenters. The summed E-state index contributed by atoms with van der Waals surface area (Å²) >= 11 is 1.87. The van der Waals surface area contributed by atoms with Crippen LogP contribution in [0.15, 0.2) is 33.9 Å². The molecule has 1 aliphatic rings. The zero-order valence-corrected chi connectivity index (χ0v) is 9.74. The topological polar surface area (TPSA) is 58.2 Å². The predicted molar refractivity (Wildman–Crippen MR) is 65.8 cm³/mol. The molecule has 76 valence electrons. The number of fused-ring (bicyclic) bond motifs is 1. The molecule has 2 N–H and O–H groups in total. The van der Waals surface area contributed by atoms with Gasteiger partial charge in [-0.1, -0.05) is 34.7 Å². The maximum absolute atomic E-state index is 11.6. The van der Waals surface area contributed by atoms with E-state index in [2.05, 4.69) is 10.6 Å². The van der Waals surface area contributed by atoms with Crippen LogP contribution in [0.4, 0.5) is 11.4 Å². The number of carbonyl (C=O) groups is 2. The number of hydrogen-bond acceptors (Lipinski definition) is 2. The van der Waals surface area contributed by atoms with Gasteiger partial charge in [0.1, 0.15) is 5.57 Å². The number of anilines is 2. The van der Waals surface area contributed by atoms with E-state index < -0.39 is 0 Å². The maximum Gasteiger partial charge on any atom is 0.261 e. The summed E-state index contributed by atoms with van der Waals surface area (Å²) in [6.45, 7) is 0. The molecule has 1 aliphatic heterocycles. The second kappa shape index (κ2) is 4.01. The lowest BCUT2D eigenvalue weighted by Crippen LogP contribution is -2.20. The number of nitrogens with one attached hydrogen (secondary N) is 2. The van der Waals surface area contributed by atoms with Crippen molar-refractivity contribution < 1.29 is 9.59 Å². The quantitative estimate of drug-likeness (QED) is 0.436. The lowest BCUT2D eigenvalue weighted by molar-refractivity contribution is -0.118. The summed E-state index contributed by atoms with van der Waals surface area (Å²) in [6.07, 6.45) is 0. The normalized spacial score (nSPS) is 14.9. The number of para-hydroxylation sites is 2. The number of hydrogen-bond donors (Lipinski definition) is 2. The Kier molecular flexibility index (Phi) is 2.72. The fourth-order valence-electron chi connectivity index (χ4n) is 1.28.